The van der Waals surface area contributed by atoms with Crippen LogP contribution in [-0.4, -0.2) is 31.5 Å². The molecule has 2 aromatic rings. The van der Waals surface area contributed by atoms with Gasteiger partial charge in [-0.3, -0.25) is 10.1 Å². The SMILES string of the molecule is Cc1ccc(S(=O)(=O)N[C@@H]2CCCC[C@H]2OC(=O)c2cccc([N+](=O)[O-])c2)cc1. The van der Waals surface area contributed by atoms with E-state index in [4.69, 9.17) is 4.74 Å². The topological polar surface area (TPSA) is 116 Å². The standard InChI is InChI=1S/C20H22N2O6S/c1-14-9-11-17(12-10-14)29(26,27)21-18-7-2-3-8-19(18)28-20(23)15-5-4-6-16(13-15)22(24)25/h4-6,9-13,18-19,21H,2-3,7-8H2,1H3/t18-,19-/m1/s1. The van der Waals surface area contributed by atoms with E-state index in [-0.39, 0.29) is 16.1 Å². The number of nitrogens with zero attached hydrogens (tertiary/aromatic N) is 1. The highest BCUT2D eigenvalue weighted by atomic mass is 32.2. The van der Waals surface area contributed by atoms with Crippen molar-refractivity contribution < 1.29 is 22.9 Å². The predicted molar refractivity (Wildman–Crippen MR) is 106 cm³/mol. The normalized spacial score (nSPS) is 19.5. The van der Waals surface area contributed by atoms with E-state index < -0.39 is 33.1 Å². The largest absolute Gasteiger partial charge is 0.457 e. The molecule has 1 aliphatic rings. The Morgan fingerprint density at radius 3 is 2.52 bits per heavy atom. The van der Waals surface area contributed by atoms with Crippen molar-refractivity contribution in [3.63, 3.8) is 0 Å². The smallest absolute Gasteiger partial charge is 0.338 e. The Bertz CT molecular complexity index is 1000. The van der Waals surface area contributed by atoms with Gasteiger partial charge in [0.2, 0.25) is 10.0 Å². The highest BCUT2D eigenvalue weighted by molar-refractivity contribution is 7.89. The molecular weight excluding hydrogens is 396 g/mol. The molecule has 0 spiro atoms. The first-order valence-electron chi connectivity index (χ1n) is 9.31. The van der Waals surface area contributed by atoms with Crippen molar-refractivity contribution in [3.8, 4) is 0 Å². The van der Waals surface area contributed by atoms with E-state index >= 15 is 0 Å². The number of hydrogen-bond acceptors (Lipinski definition) is 6. The van der Waals surface area contributed by atoms with Crippen molar-refractivity contribution in [2.24, 2.45) is 0 Å². The number of ether oxygens (including phenoxy) is 1. The highest BCUT2D eigenvalue weighted by Gasteiger charge is 2.32. The molecule has 154 valence electrons. The number of aryl methyl sites for hydroxylation is 1. The Balaban J connectivity index is 1.74. The minimum Gasteiger partial charge on any atom is -0.457 e. The van der Waals surface area contributed by atoms with Crippen molar-refractivity contribution in [1.29, 1.82) is 0 Å². The molecule has 1 N–H and O–H groups in total. The van der Waals surface area contributed by atoms with Crippen molar-refractivity contribution in [2.75, 3.05) is 0 Å². The number of non-ortho nitro benzene ring substituents is 1. The molecule has 29 heavy (non-hydrogen) atoms. The third kappa shape index (κ3) is 5.18. The fourth-order valence-corrected chi connectivity index (χ4v) is 4.61. The minimum absolute atomic E-state index is 0.0601. The third-order valence-corrected chi connectivity index (χ3v) is 6.40. The van der Waals surface area contributed by atoms with E-state index in [0.29, 0.717) is 12.8 Å². The number of carbonyl (C=O) groups excluding carboxylic acids is 1. The minimum atomic E-state index is -3.76. The molecule has 0 heterocycles. The summed E-state index contributed by atoms with van der Waals surface area (Å²) in [4.78, 5) is 23.0. The molecule has 0 amide bonds. The van der Waals surface area contributed by atoms with Gasteiger partial charge in [0.1, 0.15) is 6.10 Å². The summed E-state index contributed by atoms with van der Waals surface area (Å²) in [5.74, 6) is -0.708. The number of nitro groups is 1. The number of nitrogens with one attached hydrogen (secondary N) is 1. The number of carbonyl (C=O) groups is 1. The van der Waals surface area contributed by atoms with E-state index in [2.05, 4.69) is 4.72 Å². The molecule has 0 radical (unpaired) electrons. The summed E-state index contributed by atoms with van der Waals surface area (Å²) in [6.45, 7) is 1.87. The first-order valence-corrected chi connectivity index (χ1v) is 10.8. The van der Waals surface area contributed by atoms with Gasteiger partial charge in [0, 0.05) is 12.1 Å². The van der Waals surface area contributed by atoms with Gasteiger partial charge in [-0.05, 0) is 44.4 Å². The van der Waals surface area contributed by atoms with Gasteiger partial charge in [-0.25, -0.2) is 17.9 Å². The first-order chi connectivity index (χ1) is 13.8. The summed E-state index contributed by atoms with van der Waals surface area (Å²) in [5.41, 5.74) is 0.801. The second kappa shape index (κ2) is 8.71. The van der Waals surface area contributed by atoms with Gasteiger partial charge in [0.25, 0.3) is 5.69 Å². The van der Waals surface area contributed by atoms with Crippen LogP contribution in [0.5, 0.6) is 0 Å². The number of rotatable bonds is 6. The number of hydrogen-bond donors (Lipinski definition) is 1. The van der Waals surface area contributed by atoms with Crippen molar-refractivity contribution in [3.05, 3.63) is 69.8 Å². The van der Waals surface area contributed by atoms with Crippen LogP contribution in [0, 0.1) is 17.0 Å². The Labute approximate surface area is 169 Å². The van der Waals surface area contributed by atoms with Gasteiger partial charge in [0.05, 0.1) is 21.4 Å². The van der Waals surface area contributed by atoms with E-state index in [1.807, 2.05) is 6.92 Å². The van der Waals surface area contributed by atoms with Crippen LogP contribution in [0.3, 0.4) is 0 Å². The zero-order valence-electron chi connectivity index (χ0n) is 15.9. The molecule has 2 atom stereocenters. The summed E-state index contributed by atoms with van der Waals surface area (Å²) < 4.78 is 33.6. The van der Waals surface area contributed by atoms with E-state index in [0.717, 1.165) is 24.5 Å². The van der Waals surface area contributed by atoms with Gasteiger partial charge in [-0.1, -0.05) is 30.2 Å². The molecule has 3 rings (SSSR count). The van der Waals surface area contributed by atoms with E-state index in [1.54, 1.807) is 12.1 Å². The molecule has 0 aliphatic heterocycles. The Kier molecular flexibility index (Phi) is 6.29. The van der Waals surface area contributed by atoms with Crippen molar-refractivity contribution >= 4 is 21.7 Å². The van der Waals surface area contributed by atoms with Crippen LogP contribution >= 0.6 is 0 Å². The average molecular weight is 418 g/mol. The van der Waals surface area contributed by atoms with Gasteiger partial charge >= 0.3 is 5.97 Å². The molecule has 0 bridgehead atoms. The van der Waals surface area contributed by atoms with Gasteiger partial charge in [0.15, 0.2) is 0 Å². The first kappa shape index (κ1) is 20.9. The number of esters is 1. The second-order valence-electron chi connectivity index (χ2n) is 7.08. The molecule has 0 saturated heterocycles. The monoisotopic (exact) mass is 418 g/mol. The zero-order chi connectivity index (χ0) is 21.0. The maximum absolute atomic E-state index is 12.7. The van der Waals surface area contributed by atoms with Gasteiger partial charge < -0.3 is 4.74 Å². The van der Waals surface area contributed by atoms with E-state index in [1.165, 1.54) is 30.3 Å². The lowest BCUT2D eigenvalue weighted by Crippen LogP contribution is -2.47. The molecule has 8 nitrogen and oxygen atoms in total. The second-order valence-corrected chi connectivity index (χ2v) is 8.79. The van der Waals surface area contributed by atoms with E-state index in [9.17, 15) is 23.3 Å². The molecule has 1 saturated carbocycles. The van der Waals surface area contributed by atoms with Crippen LogP contribution < -0.4 is 4.72 Å². The number of nitro benzene ring substituents is 1. The highest BCUT2D eigenvalue weighted by Crippen LogP contribution is 2.25. The summed E-state index contributed by atoms with van der Waals surface area (Å²) in [6, 6.07) is 11.2. The van der Waals surface area contributed by atoms with Gasteiger partial charge in [-0.2, -0.15) is 0 Å². The lowest BCUT2D eigenvalue weighted by Gasteiger charge is -2.31. The van der Waals surface area contributed by atoms with Crippen LogP contribution in [-0.2, 0) is 14.8 Å². The lowest BCUT2D eigenvalue weighted by atomic mass is 9.93. The number of benzene rings is 2. The molecule has 0 aromatic heterocycles. The molecular formula is C20H22N2O6S. The molecule has 1 aliphatic carbocycles. The predicted octanol–water partition coefficient (Wildman–Crippen LogP) is 3.35. The van der Waals surface area contributed by atoms with Crippen LogP contribution in [0.15, 0.2) is 53.4 Å². The lowest BCUT2D eigenvalue weighted by molar-refractivity contribution is -0.384. The Hall–Kier alpha value is -2.78. The molecule has 2 aromatic carbocycles. The maximum Gasteiger partial charge on any atom is 0.338 e. The van der Waals surface area contributed by atoms with Gasteiger partial charge in [-0.15, -0.1) is 0 Å². The molecule has 0 unspecified atom stereocenters. The fourth-order valence-electron chi connectivity index (χ4n) is 3.31. The third-order valence-electron chi connectivity index (χ3n) is 4.89. The van der Waals surface area contributed by atoms with Crippen LogP contribution in [0.1, 0.15) is 41.6 Å². The number of sulfonamides is 1. The summed E-state index contributed by atoms with van der Waals surface area (Å²) in [7, 11) is -3.76. The summed E-state index contributed by atoms with van der Waals surface area (Å²) in [6.07, 6.45) is 2.03. The Morgan fingerprint density at radius 1 is 1.14 bits per heavy atom. The maximum atomic E-state index is 12.7. The molecule has 9 heteroatoms. The Morgan fingerprint density at radius 2 is 1.83 bits per heavy atom. The fraction of sp³-hybridized carbons (Fsp3) is 0.350. The van der Waals surface area contributed by atoms with Crippen molar-refractivity contribution in [2.45, 2.75) is 49.6 Å². The van der Waals surface area contributed by atoms with Crippen LogP contribution in [0.25, 0.3) is 0 Å². The van der Waals surface area contributed by atoms with Crippen LogP contribution in [0.4, 0.5) is 5.69 Å². The summed E-state index contributed by atoms with van der Waals surface area (Å²) in [5, 5.41) is 10.9. The quantitative estimate of drug-likeness (QED) is 0.437. The van der Waals surface area contributed by atoms with Crippen molar-refractivity contribution in [1.82, 2.24) is 4.72 Å². The van der Waals surface area contributed by atoms with Crippen LogP contribution in [0.2, 0.25) is 0 Å². The molecule has 1 fully saturated rings. The average Bonchev–Trinajstić information content (AvgIpc) is 2.69. The summed E-state index contributed by atoms with van der Waals surface area (Å²) >= 11 is 0. The zero-order valence-corrected chi connectivity index (χ0v) is 16.7.